The van der Waals surface area contributed by atoms with Crippen molar-refractivity contribution in [2.24, 2.45) is 5.73 Å². The summed E-state index contributed by atoms with van der Waals surface area (Å²) in [5.41, 5.74) is 9.43. The summed E-state index contributed by atoms with van der Waals surface area (Å²) in [6.07, 6.45) is 0. The summed E-state index contributed by atoms with van der Waals surface area (Å²) in [6, 6.07) is 2.61. The first-order chi connectivity index (χ1) is 8.52. The monoisotopic (exact) mass is 248 g/mol. The van der Waals surface area contributed by atoms with Gasteiger partial charge in [0.15, 0.2) is 0 Å². The Morgan fingerprint density at radius 1 is 1.39 bits per heavy atom. The highest BCUT2D eigenvalue weighted by Gasteiger charge is 2.25. The summed E-state index contributed by atoms with van der Waals surface area (Å²) in [5.74, 6) is 1.09. The Balaban J connectivity index is 2.37. The Kier molecular flexibility index (Phi) is 3.88. The number of hydrogen-bond donors (Lipinski definition) is 1. The first kappa shape index (κ1) is 13.3. The van der Waals surface area contributed by atoms with E-state index in [1.807, 2.05) is 0 Å². The van der Waals surface area contributed by atoms with Crippen LogP contribution >= 0.6 is 0 Å². The minimum Gasteiger partial charge on any atom is -0.351 e. The van der Waals surface area contributed by atoms with E-state index < -0.39 is 0 Å². The van der Waals surface area contributed by atoms with E-state index in [-0.39, 0.29) is 0 Å². The van der Waals surface area contributed by atoms with Gasteiger partial charge in [0.2, 0.25) is 0 Å². The molecule has 0 bridgehead atoms. The molecule has 18 heavy (non-hydrogen) atoms. The summed E-state index contributed by atoms with van der Waals surface area (Å²) >= 11 is 0. The van der Waals surface area contributed by atoms with E-state index in [1.165, 1.54) is 11.1 Å². The van der Waals surface area contributed by atoms with Crippen LogP contribution in [0.2, 0.25) is 0 Å². The second kappa shape index (κ2) is 5.24. The molecule has 0 saturated carbocycles. The van der Waals surface area contributed by atoms with Crippen LogP contribution in [0.1, 0.15) is 23.7 Å². The van der Waals surface area contributed by atoms with Crippen LogP contribution in [0.25, 0.3) is 0 Å². The number of hydrogen-bond acceptors (Lipinski definition) is 4. The minimum atomic E-state index is 0.489. The smallest absolute Gasteiger partial charge is 0.133 e. The van der Waals surface area contributed by atoms with Gasteiger partial charge in [0, 0.05) is 43.5 Å². The molecule has 1 fully saturated rings. The van der Waals surface area contributed by atoms with E-state index >= 15 is 0 Å². The topological polar surface area (TPSA) is 45.4 Å². The highest BCUT2D eigenvalue weighted by molar-refractivity contribution is 5.52. The molecule has 2 rings (SSSR count). The fourth-order valence-electron chi connectivity index (χ4n) is 2.79. The van der Waals surface area contributed by atoms with Gasteiger partial charge < -0.3 is 15.5 Å². The molecule has 1 aliphatic heterocycles. The fourth-order valence-corrected chi connectivity index (χ4v) is 2.79. The van der Waals surface area contributed by atoms with Crippen LogP contribution < -0.4 is 10.6 Å². The van der Waals surface area contributed by atoms with Crippen LogP contribution in [0.4, 0.5) is 5.82 Å². The number of rotatable bonds is 2. The van der Waals surface area contributed by atoms with Crippen LogP contribution in [0.15, 0.2) is 6.07 Å². The Morgan fingerprint density at radius 3 is 2.72 bits per heavy atom. The standard InChI is InChI=1S/C14H24N4/c1-10-7-11(2)16-14(13(10)8-15)18-6-5-17(4)9-12(18)3/h7,12H,5-6,8-9,15H2,1-4H3. The van der Waals surface area contributed by atoms with Crippen molar-refractivity contribution in [3.05, 3.63) is 22.9 Å². The number of aromatic nitrogens is 1. The molecule has 0 radical (unpaired) electrons. The summed E-state index contributed by atoms with van der Waals surface area (Å²) in [5, 5.41) is 0. The molecule has 0 aliphatic carbocycles. The van der Waals surface area contributed by atoms with Gasteiger partial charge in [0.05, 0.1) is 0 Å². The molecule has 2 N–H and O–H groups in total. The van der Waals surface area contributed by atoms with Gasteiger partial charge >= 0.3 is 0 Å². The van der Waals surface area contributed by atoms with Crippen LogP contribution in [0, 0.1) is 13.8 Å². The Labute approximate surface area is 110 Å². The molecule has 1 unspecified atom stereocenters. The van der Waals surface area contributed by atoms with Crippen LogP contribution in [0.3, 0.4) is 0 Å². The van der Waals surface area contributed by atoms with Crippen molar-refractivity contribution in [1.29, 1.82) is 0 Å². The minimum absolute atomic E-state index is 0.489. The first-order valence-electron chi connectivity index (χ1n) is 6.65. The van der Waals surface area contributed by atoms with E-state index in [4.69, 9.17) is 10.7 Å². The SMILES string of the molecule is Cc1cc(C)c(CN)c(N2CCN(C)CC2C)n1. The van der Waals surface area contributed by atoms with Crippen molar-refractivity contribution in [3.8, 4) is 0 Å². The number of nitrogens with zero attached hydrogens (tertiary/aromatic N) is 3. The highest BCUT2D eigenvalue weighted by Crippen LogP contribution is 2.25. The number of likely N-dealkylation sites (N-methyl/N-ethyl adjacent to an activating group) is 1. The lowest BCUT2D eigenvalue weighted by Gasteiger charge is -2.40. The maximum absolute atomic E-state index is 5.90. The first-order valence-corrected chi connectivity index (χ1v) is 6.65. The lowest BCUT2D eigenvalue weighted by atomic mass is 10.1. The van der Waals surface area contributed by atoms with E-state index in [0.29, 0.717) is 12.6 Å². The molecule has 4 nitrogen and oxygen atoms in total. The van der Waals surface area contributed by atoms with Gasteiger partial charge in [-0.25, -0.2) is 4.98 Å². The second-order valence-electron chi connectivity index (χ2n) is 5.39. The Morgan fingerprint density at radius 2 is 2.11 bits per heavy atom. The number of aryl methyl sites for hydroxylation is 2. The Bertz CT molecular complexity index is 430. The van der Waals surface area contributed by atoms with Gasteiger partial charge in [-0.2, -0.15) is 0 Å². The number of anilines is 1. The summed E-state index contributed by atoms with van der Waals surface area (Å²) in [7, 11) is 2.17. The Hall–Kier alpha value is -1.13. The van der Waals surface area contributed by atoms with Crippen LogP contribution in [-0.2, 0) is 6.54 Å². The molecule has 1 aliphatic rings. The van der Waals surface area contributed by atoms with Gasteiger partial charge in [-0.05, 0) is 39.4 Å². The summed E-state index contributed by atoms with van der Waals surface area (Å²) in [4.78, 5) is 9.50. The van der Waals surface area contributed by atoms with Gasteiger partial charge in [0.1, 0.15) is 5.82 Å². The van der Waals surface area contributed by atoms with Crippen molar-refractivity contribution in [1.82, 2.24) is 9.88 Å². The fraction of sp³-hybridized carbons (Fsp3) is 0.643. The molecule has 1 atom stereocenters. The summed E-state index contributed by atoms with van der Waals surface area (Å²) in [6.45, 7) is 10.2. The molecule has 1 aromatic heterocycles. The molecule has 0 aromatic carbocycles. The molecule has 1 saturated heterocycles. The van der Waals surface area contributed by atoms with E-state index in [0.717, 1.165) is 31.1 Å². The number of nitrogens with two attached hydrogens (primary N) is 1. The third kappa shape index (κ3) is 2.49. The highest BCUT2D eigenvalue weighted by atomic mass is 15.3. The van der Waals surface area contributed by atoms with Crippen molar-refractivity contribution < 1.29 is 0 Å². The maximum Gasteiger partial charge on any atom is 0.133 e. The molecule has 0 spiro atoms. The maximum atomic E-state index is 5.90. The molecule has 100 valence electrons. The van der Waals surface area contributed by atoms with Gasteiger partial charge in [-0.1, -0.05) is 0 Å². The average Bonchev–Trinajstić information content (AvgIpc) is 2.28. The van der Waals surface area contributed by atoms with Gasteiger partial charge in [-0.3, -0.25) is 0 Å². The zero-order valence-corrected chi connectivity index (χ0v) is 11.9. The van der Waals surface area contributed by atoms with E-state index in [1.54, 1.807) is 0 Å². The molecule has 4 heteroatoms. The third-order valence-electron chi connectivity index (χ3n) is 3.76. The van der Waals surface area contributed by atoms with Crippen molar-refractivity contribution >= 4 is 5.82 Å². The van der Waals surface area contributed by atoms with Crippen LogP contribution in [0.5, 0.6) is 0 Å². The molecule has 1 aromatic rings. The van der Waals surface area contributed by atoms with Crippen molar-refractivity contribution in [3.63, 3.8) is 0 Å². The molecular formula is C14H24N4. The van der Waals surface area contributed by atoms with Gasteiger partial charge in [-0.15, -0.1) is 0 Å². The molecule has 2 heterocycles. The third-order valence-corrected chi connectivity index (χ3v) is 3.76. The normalized spacial score (nSPS) is 21.4. The summed E-state index contributed by atoms with van der Waals surface area (Å²) < 4.78 is 0. The zero-order valence-electron chi connectivity index (χ0n) is 11.9. The lowest BCUT2D eigenvalue weighted by molar-refractivity contribution is 0.274. The lowest BCUT2D eigenvalue weighted by Crippen LogP contribution is -2.51. The predicted molar refractivity (Wildman–Crippen MR) is 75.9 cm³/mol. The van der Waals surface area contributed by atoms with Crippen LogP contribution in [-0.4, -0.2) is 42.6 Å². The second-order valence-corrected chi connectivity index (χ2v) is 5.39. The average molecular weight is 248 g/mol. The predicted octanol–water partition coefficient (Wildman–Crippen LogP) is 1.30. The number of piperazine rings is 1. The zero-order chi connectivity index (χ0) is 13.3. The molecular weight excluding hydrogens is 224 g/mol. The van der Waals surface area contributed by atoms with E-state index in [2.05, 4.69) is 43.7 Å². The van der Waals surface area contributed by atoms with Crippen molar-refractivity contribution in [2.75, 3.05) is 31.6 Å². The molecule has 0 amide bonds. The number of pyridine rings is 1. The van der Waals surface area contributed by atoms with E-state index in [9.17, 15) is 0 Å². The van der Waals surface area contributed by atoms with Crippen molar-refractivity contribution in [2.45, 2.75) is 33.4 Å². The largest absolute Gasteiger partial charge is 0.351 e. The van der Waals surface area contributed by atoms with Gasteiger partial charge in [0.25, 0.3) is 0 Å². The quantitative estimate of drug-likeness (QED) is 0.857.